The van der Waals surface area contributed by atoms with Gasteiger partial charge in [-0.25, -0.2) is 0 Å². The minimum atomic E-state index is -0.818. The monoisotopic (exact) mass is 286 g/mol. The van der Waals surface area contributed by atoms with Gasteiger partial charge in [-0.2, -0.15) is 0 Å². The molecule has 1 aliphatic rings. The third kappa shape index (κ3) is 3.61. The summed E-state index contributed by atoms with van der Waals surface area (Å²) in [6.45, 7) is 0. The van der Waals surface area contributed by atoms with E-state index in [2.05, 4.69) is 0 Å². The van der Waals surface area contributed by atoms with E-state index < -0.39 is 6.10 Å². The molecule has 1 aliphatic carbocycles. The number of methoxy groups -OCH3 is 2. The summed E-state index contributed by atoms with van der Waals surface area (Å²) in [6, 6.07) is 5.39. The van der Waals surface area contributed by atoms with E-state index in [0.717, 1.165) is 5.56 Å². The van der Waals surface area contributed by atoms with E-state index in [0.29, 0.717) is 23.5 Å². The third-order valence-electron chi connectivity index (χ3n) is 3.23. The highest BCUT2D eigenvalue weighted by Gasteiger charge is 2.15. The minimum Gasteiger partial charge on any atom is -0.493 e. The van der Waals surface area contributed by atoms with Crippen LogP contribution >= 0.6 is 0 Å². The van der Waals surface area contributed by atoms with Gasteiger partial charge in [-0.05, 0) is 30.2 Å². The summed E-state index contributed by atoms with van der Waals surface area (Å²) in [7, 11) is 3.13. The first-order chi connectivity index (χ1) is 10.2. The van der Waals surface area contributed by atoms with Crippen molar-refractivity contribution < 1.29 is 19.4 Å². The predicted molar refractivity (Wildman–Crippen MR) is 81.4 cm³/mol. The highest BCUT2D eigenvalue weighted by molar-refractivity contribution is 6.07. The summed E-state index contributed by atoms with van der Waals surface area (Å²) in [5, 5.41) is 9.74. The number of aliphatic hydroxyl groups is 1. The van der Waals surface area contributed by atoms with Crippen molar-refractivity contribution in [2.75, 3.05) is 14.2 Å². The zero-order valence-electron chi connectivity index (χ0n) is 12.1. The first-order valence-corrected chi connectivity index (χ1v) is 6.65. The average molecular weight is 286 g/mol. The maximum atomic E-state index is 12.1. The topological polar surface area (TPSA) is 55.8 Å². The van der Waals surface area contributed by atoms with Crippen LogP contribution in [-0.4, -0.2) is 31.2 Å². The van der Waals surface area contributed by atoms with Gasteiger partial charge in [0.05, 0.1) is 14.2 Å². The fourth-order valence-electron chi connectivity index (χ4n) is 2.10. The van der Waals surface area contributed by atoms with Gasteiger partial charge in [0.25, 0.3) is 0 Å². The molecule has 1 N–H and O–H groups in total. The summed E-state index contributed by atoms with van der Waals surface area (Å²) in [5.41, 5.74) is 1.23. The van der Waals surface area contributed by atoms with Gasteiger partial charge in [0.1, 0.15) is 6.10 Å². The lowest BCUT2D eigenvalue weighted by Crippen LogP contribution is -2.16. The highest BCUT2D eigenvalue weighted by atomic mass is 16.5. The van der Waals surface area contributed by atoms with Crippen LogP contribution < -0.4 is 9.47 Å². The van der Waals surface area contributed by atoms with Crippen LogP contribution in [-0.2, 0) is 4.79 Å². The van der Waals surface area contributed by atoms with E-state index >= 15 is 0 Å². The Kier molecular flexibility index (Phi) is 4.95. The van der Waals surface area contributed by atoms with Gasteiger partial charge < -0.3 is 14.6 Å². The van der Waals surface area contributed by atoms with Crippen LogP contribution in [0.3, 0.4) is 0 Å². The van der Waals surface area contributed by atoms with E-state index in [4.69, 9.17) is 9.47 Å². The molecule has 2 rings (SSSR count). The van der Waals surface area contributed by atoms with Gasteiger partial charge in [0.15, 0.2) is 17.3 Å². The largest absolute Gasteiger partial charge is 0.493 e. The van der Waals surface area contributed by atoms with Crippen LogP contribution in [0.4, 0.5) is 0 Å². The number of ether oxygens (including phenoxy) is 2. The average Bonchev–Trinajstić information content (AvgIpc) is 2.52. The van der Waals surface area contributed by atoms with E-state index in [9.17, 15) is 9.90 Å². The molecule has 0 radical (unpaired) electrons. The number of benzene rings is 1. The van der Waals surface area contributed by atoms with Gasteiger partial charge in [-0.15, -0.1) is 0 Å². The molecule has 0 amide bonds. The number of hydrogen-bond acceptors (Lipinski definition) is 4. The molecule has 0 spiro atoms. The van der Waals surface area contributed by atoms with E-state index in [-0.39, 0.29) is 5.78 Å². The fraction of sp³-hybridized carbons (Fsp3) is 0.235. The zero-order valence-corrected chi connectivity index (χ0v) is 12.1. The second kappa shape index (κ2) is 6.90. The van der Waals surface area contributed by atoms with E-state index in [1.165, 1.54) is 6.08 Å². The molecule has 110 valence electrons. The van der Waals surface area contributed by atoms with Crippen molar-refractivity contribution in [1.82, 2.24) is 0 Å². The Morgan fingerprint density at radius 3 is 2.71 bits per heavy atom. The van der Waals surface area contributed by atoms with Crippen LogP contribution in [0, 0.1) is 0 Å². The maximum absolute atomic E-state index is 12.1. The minimum absolute atomic E-state index is 0.193. The number of hydrogen-bond donors (Lipinski definition) is 1. The van der Waals surface area contributed by atoms with Crippen LogP contribution in [0.2, 0.25) is 0 Å². The molecule has 1 aromatic rings. The molecule has 0 fully saturated rings. The van der Waals surface area contributed by atoms with Crippen LogP contribution in [0.5, 0.6) is 11.5 Å². The molecule has 0 bridgehead atoms. The Hall–Kier alpha value is -2.33. The molecule has 4 nitrogen and oxygen atoms in total. The maximum Gasteiger partial charge on any atom is 0.184 e. The summed E-state index contributed by atoms with van der Waals surface area (Å²) in [5.74, 6) is 1.05. The molecular formula is C17H18O4. The van der Waals surface area contributed by atoms with Crippen molar-refractivity contribution in [3.8, 4) is 11.5 Å². The lowest BCUT2D eigenvalue weighted by molar-refractivity contribution is -0.112. The van der Waals surface area contributed by atoms with Crippen LogP contribution in [0.25, 0.3) is 6.08 Å². The van der Waals surface area contributed by atoms with Crippen molar-refractivity contribution in [2.45, 2.75) is 12.5 Å². The van der Waals surface area contributed by atoms with Gasteiger partial charge in [-0.3, -0.25) is 4.79 Å². The first kappa shape index (κ1) is 15.1. The Bertz CT molecular complexity index is 611. The number of carbonyl (C=O) groups is 1. The van der Waals surface area contributed by atoms with E-state index in [1.54, 1.807) is 44.6 Å². The summed E-state index contributed by atoms with van der Waals surface area (Å²) >= 11 is 0. The van der Waals surface area contributed by atoms with Gasteiger partial charge in [0, 0.05) is 5.57 Å². The Labute approximate surface area is 124 Å². The molecule has 4 heteroatoms. The predicted octanol–water partition coefficient (Wildman–Crippen LogP) is 2.53. The number of allylic oxidation sites excluding steroid dienone is 3. The van der Waals surface area contributed by atoms with Crippen molar-refractivity contribution in [3.63, 3.8) is 0 Å². The molecule has 0 saturated carbocycles. The molecule has 0 aliphatic heterocycles. The summed E-state index contributed by atoms with van der Waals surface area (Å²) in [6.07, 6.45) is 8.19. The molecule has 0 aromatic heterocycles. The van der Waals surface area contributed by atoms with Gasteiger partial charge in [0.2, 0.25) is 0 Å². The van der Waals surface area contributed by atoms with Crippen molar-refractivity contribution >= 4 is 11.9 Å². The molecule has 0 saturated heterocycles. The number of ketones is 1. The smallest absolute Gasteiger partial charge is 0.184 e. The summed E-state index contributed by atoms with van der Waals surface area (Å²) < 4.78 is 10.4. The second-order valence-corrected chi connectivity index (χ2v) is 4.58. The SMILES string of the molecule is COc1ccc(C=CC(=O)C2=CCC=CC2O)cc1OC. The highest BCUT2D eigenvalue weighted by Crippen LogP contribution is 2.28. The van der Waals surface area contributed by atoms with Crippen molar-refractivity contribution in [1.29, 1.82) is 0 Å². The fourth-order valence-corrected chi connectivity index (χ4v) is 2.10. The normalized spacial score (nSPS) is 17.7. The molecular weight excluding hydrogens is 268 g/mol. The number of carbonyl (C=O) groups excluding carboxylic acids is 1. The Balaban J connectivity index is 2.14. The van der Waals surface area contributed by atoms with Crippen LogP contribution in [0.1, 0.15) is 12.0 Å². The van der Waals surface area contributed by atoms with Gasteiger partial charge in [-0.1, -0.05) is 30.4 Å². The Morgan fingerprint density at radius 2 is 2.05 bits per heavy atom. The molecule has 1 aromatic carbocycles. The number of aliphatic hydroxyl groups excluding tert-OH is 1. The lowest BCUT2D eigenvalue weighted by Gasteiger charge is -2.11. The molecule has 1 atom stereocenters. The Morgan fingerprint density at radius 1 is 1.29 bits per heavy atom. The van der Waals surface area contributed by atoms with Gasteiger partial charge >= 0.3 is 0 Å². The zero-order chi connectivity index (χ0) is 15.2. The van der Waals surface area contributed by atoms with Crippen LogP contribution in [0.15, 0.2) is 48.1 Å². The first-order valence-electron chi connectivity index (χ1n) is 6.65. The number of rotatable bonds is 5. The third-order valence-corrected chi connectivity index (χ3v) is 3.23. The molecule has 0 heterocycles. The van der Waals surface area contributed by atoms with Crippen molar-refractivity contribution in [2.24, 2.45) is 0 Å². The van der Waals surface area contributed by atoms with E-state index in [1.807, 2.05) is 12.1 Å². The standard InChI is InChI=1S/C17H18O4/c1-20-16-10-8-12(11-17(16)21-2)7-9-15(19)13-5-3-4-6-14(13)18/h4-11,14,18H,3H2,1-2H3. The summed E-state index contributed by atoms with van der Waals surface area (Å²) in [4.78, 5) is 12.1. The lowest BCUT2D eigenvalue weighted by atomic mass is 9.98. The second-order valence-electron chi connectivity index (χ2n) is 4.58. The van der Waals surface area contributed by atoms with Crippen molar-refractivity contribution in [3.05, 3.63) is 53.6 Å². The quantitative estimate of drug-likeness (QED) is 0.667. The molecule has 21 heavy (non-hydrogen) atoms. The molecule has 1 unspecified atom stereocenters.